The number of rotatable bonds is 5. The first-order valence-electron chi connectivity index (χ1n) is 11.0. The van der Waals surface area contributed by atoms with Crippen LogP contribution in [0.4, 0.5) is 5.00 Å². The Balaban J connectivity index is 1.53. The Bertz CT molecular complexity index is 1640. The van der Waals surface area contributed by atoms with Crippen LogP contribution >= 0.6 is 11.3 Å². The summed E-state index contributed by atoms with van der Waals surface area (Å²) in [4.78, 5) is 38.5. The van der Waals surface area contributed by atoms with E-state index < -0.39 is 27.5 Å². The summed E-state index contributed by atoms with van der Waals surface area (Å²) >= 11 is 1.16. The van der Waals surface area contributed by atoms with Gasteiger partial charge in [-0.3, -0.25) is 9.59 Å². The average Bonchev–Trinajstić information content (AvgIpc) is 3.31. The van der Waals surface area contributed by atoms with E-state index in [2.05, 4.69) is 5.32 Å². The van der Waals surface area contributed by atoms with Crippen LogP contribution in [-0.2, 0) is 14.6 Å². The highest BCUT2D eigenvalue weighted by Gasteiger charge is 2.35. The summed E-state index contributed by atoms with van der Waals surface area (Å²) in [6.07, 6.45) is 0. The summed E-state index contributed by atoms with van der Waals surface area (Å²) in [5.74, 6) is -1.62. The van der Waals surface area contributed by atoms with Crippen molar-refractivity contribution < 1.29 is 27.5 Å². The molecule has 0 spiro atoms. The smallest absolute Gasteiger partial charge is 0.341 e. The van der Waals surface area contributed by atoms with Gasteiger partial charge >= 0.3 is 5.97 Å². The maximum atomic E-state index is 13.2. The van der Waals surface area contributed by atoms with E-state index in [-0.39, 0.29) is 43.7 Å². The van der Waals surface area contributed by atoms with Gasteiger partial charge in [0.25, 0.3) is 5.91 Å². The van der Waals surface area contributed by atoms with Gasteiger partial charge in [-0.05, 0) is 42.8 Å². The van der Waals surface area contributed by atoms with Gasteiger partial charge in [0.05, 0.1) is 16.4 Å². The molecule has 0 saturated carbocycles. The zero-order valence-electron chi connectivity index (χ0n) is 19.0. The van der Waals surface area contributed by atoms with Gasteiger partial charge in [-0.2, -0.15) is 0 Å². The average molecular weight is 518 g/mol. The molecule has 4 aromatic rings. The Labute approximate surface area is 211 Å². The highest BCUT2D eigenvalue weighted by atomic mass is 32.2. The van der Waals surface area contributed by atoms with E-state index in [1.54, 1.807) is 24.4 Å². The highest BCUT2D eigenvalue weighted by molar-refractivity contribution is 7.91. The van der Waals surface area contributed by atoms with Crippen LogP contribution in [0.5, 0.6) is 0 Å². The molecule has 1 amide bonds. The second-order valence-corrected chi connectivity index (χ2v) is 10.7. The molecule has 3 aromatic carbocycles. The molecule has 9 heteroatoms. The molecule has 7 nitrogen and oxygen atoms in total. The predicted molar refractivity (Wildman–Crippen MR) is 135 cm³/mol. The fraction of sp³-hybridized carbons (Fsp3) is 0.0741. The summed E-state index contributed by atoms with van der Waals surface area (Å²) in [5, 5.41) is 4.75. The van der Waals surface area contributed by atoms with Crippen molar-refractivity contribution in [1.29, 1.82) is 0 Å². The minimum Gasteiger partial charge on any atom is -0.462 e. The molecule has 0 radical (unpaired) electrons. The molecule has 1 aliphatic rings. The van der Waals surface area contributed by atoms with Crippen LogP contribution in [-0.4, -0.2) is 32.7 Å². The molecule has 0 atom stereocenters. The Morgan fingerprint density at radius 3 is 2.33 bits per heavy atom. The maximum absolute atomic E-state index is 13.2. The summed E-state index contributed by atoms with van der Waals surface area (Å²) in [7, 11) is -4.00. The number of sulfone groups is 1. The molecule has 0 aliphatic carbocycles. The Morgan fingerprint density at radius 1 is 0.889 bits per heavy atom. The van der Waals surface area contributed by atoms with Crippen LogP contribution in [0.1, 0.15) is 43.6 Å². The van der Waals surface area contributed by atoms with Crippen molar-refractivity contribution in [3.8, 4) is 11.1 Å². The third-order valence-corrected chi connectivity index (χ3v) is 8.53. The van der Waals surface area contributed by atoms with Crippen LogP contribution in [0, 0.1) is 0 Å². The number of hydrogen-bond donors (Lipinski definition) is 1. The zero-order valence-corrected chi connectivity index (χ0v) is 20.6. The Morgan fingerprint density at radius 2 is 1.58 bits per heavy atom. The van der Waals surface area contributed by atoms with Gasteiger partial charge in [-0.25, -0.2) is 13.2 Å². The fourth-order valence-electron chi connectivity index (χ4n) is 4.09. The normalized spacial score (nSPS) is 13.4. The van der Waals surface area contributed by atoms with Crippen molar-refractivity contribution in [2.24, 2.45) is 0 Å². The Kier molecular flexibility index (Phi) is 6.03. The van der Waals surface area contributed by atoms with E-state index in [9.17, 15) is 22.8 Å². The first-order valence-corrected chi connectivity index (χ1v) is 13.4. The van der Waals surface area contributed by atoms with Crippen LogP contribution in [0.15, 0.2) is 88.0 Å². The van der Waals surface area contributed by atoms with Crippen LogP contribution in [0.3, 0.4) is 0 Å². The molecule has 0 saturated heterocycles. The number of amides is 1. The van der Waals surface area contributed by atoms with E-state index >= 15 is 0 Å². The number of ketones is 1. The maximum Gasteiger partial charge on any atom is 0.341 e. The summed E-state index contributed by atoms with van der Waals surface area (Å²) in [6.45, 7) is 1.85. The molecule has 2 heterocycles. The van der Waals surface area contributed by atoms with Gasteiger partial charge in [0.2, 0.25) is 9.84 Å². The van der Waals surface area contributed by atoms with Gasteiger partial charge in [0.1, 0.15) is 10.6 Å². The molecule has 1 aromatic heterocycles. The molecule has 1 aliphatic heterocycles. The van der Waals surface area contributed by atoms with Crippen molar-refractivity contribution in [3.63, 3.8) is 0 Å². The second-order valence-electron chi connectivity index (χ2n) is 7.93. The summed E-state index contributed by atoms with van der Waals surface area (Å²) in [5.41, 5.74) is 1.78. The molecule has 1 N–H and O–H groups in total. The number of thiophene rings is 1. The molecule has 180 valence electrons. The van der Waals surface area contributed by atoms with Crippen molar-refractivity contribution in [1.82, 2.24) is 0 Å². The molecule has 36 heavy (non-hydrogen) atoms. The zero-order chi connectivity index (χ0) is 25.4. The van der Waals surface area contributed by atoms with E-state index in [0.29, 0.717) is 5.56 Å². The van der Waals surface area contributed by atoms with E-state index in [0.717, 1.165) is 16.9 Å². The fourth-order valence-corrected chi connectivity index (χ4v) is 6.72. The number of hydrogen-bond acceptors (Lipinski definition) is 7. The first kappa shape index (κ1) is 23.7. The van der Waals surface area contributed by atoms with Crippen LogP contribution < -0.4 is 5.32 Å². The monoisotopic (exact) mass is 517 g/mol. The lowest BCUT2D eigenvalue weighted by atomic mass is 10.0. The second kappa shape index (κ2) is 9.18. The molecule has 5 rings (SSSR count). The number of nitrogens with one attached hydrogen (secondary N) is 1. The number of carbonyl (C=O) groups excluding carboxylic acids is 3. The Hall–Kier alpha value is -4.08. The largest absolute Gasteiger partial charge is 0.462 e. The van der Waals surface area contributed by atoms with Gasteiger partial charge in [-0.1, -0.05) is 42.5 Å². The summed E-state index contributed by atoms with van der Waals surface area (Å²) in [6, 6.07) is 19.2. The highest BCUT2D eigenvalue weighted by Crippen LogP contribution is 2.38. The number of benzene rings is 3. The van der Waals surface area contributed by atoms with Gasteiger partial charge in [-0.15, -0.1) is 11.3 Å². The third-order valence-electron chi connectivity index (χ3n) is 5.78. The molecule has 0 unspecified atom stereocenters. The molecule has 0 bridgehead atoms. The van der Waals surface area contributed by atoms with Gasteiger partial charge < -0.3 is 10.1 Å². The van der Waals surface area contributed by atoms with Crippen LogP contribution in [0.25, 0.3) is 11.1 Å². The lowest BCUT2D eigenvalue weighted by molar-refractivity contribution is 0.0529. The third kappa shape index (κ3) is 3.92. The SMILES string of the molecule is CCOC(=O)c1c(-c2ccccc2)csc1NC(=O)c1ccc2c(c1)S(=O)(=O)c1ccccc1C2=O. The predicted octanol–water partition coefficient (Wildman–Crippen LogP) is 5.22. The van der Waals surface area contributed by atoms with E-state index in [1.165, 1.54) is 30.3 Å². The summed E-state index contributed by atoms with van der Waals surface area (Å²) < 4.78 is 31.6. The number of ether oxygens (including phenoxy) is 1. The van der Waals surface area contributed by atoms with Crippen molar-refractivity contribution in [3.05, 3.63) is 100 Å². The van der Waals surface area contributed by atoms with E-state index in [1.807, 2.05) is 30.3 Å². The quantitative estimate of drug-likeness (QED) is 0.320. The van der Waals surface area contributed by atoms with Crippen molar-refractivity contribution in [2.75, 3.05) is 11.9 Å². The minimum absolute atomic E-state index is 0.0138. The topological polar surface area (TPSA) is 107 Å². The molecule has 0 fully saturated rings. The van der Waals surface area contributed by atoms with Crippen LogP contribution in [0.2, 0.25) is 0 Å². The lowest BCUT2D eigenvalue weighted by Gasteiger charge is -2.19. The van der Waals surface area contributed by atoms with Crippen molar-refractivity contribution in [2.45, 2.75) is 16.7 Å². The van der Waals surface area contributed by atoms with E-state index in [4.69, 9.17) is 4.74 Å². The first-order chi connectivity index (χ1) is 17.3. The number of carbonyl (C=O) groups is 3. The van der Waals surface area contributed by atoms with Gasteiger partial charge in [0.15, 0.2) is 5.78 Å². The molecular weight excluding hydrogens is 498 g/mol. The molecular formula is C27H19NO6S2. The standard InChI is InChI=1S/C27H19NO6S2/c1-2-34-27(31)23-20(16-8-4-3-5-9-16)15-35-26(23)28-25(30)17-12-13-19-22(14-17)36(32,33)21-11-7-6-10-18(21)24(19)29/h3-15H,2H2,1H3,(H,28,30). The lowest BCUT2D eigenvalue weighted by Crippen LogP contribution is -2.22. The van der Waals surface area contributed by atoms with Gasteiger partial charge in [0, 0.05) is 27.6 Å². The number of esters is 1. The number of fused-ring (bicyclic) bond motifs is 2. The van der Waals surface area contributed by atoms with Crippen molar-refractivity contribution >= 4 is 43.8 Å². The number of anilines is 1. The minimum atomic E-state index is -4.00.